The summed E-state index contributed by atoms with van der Waals surface area (Å²) in [5.41, 5.74) is 12.2. The lowest BCUT2D eigenvalue weighted by molar-refractivity contribution is 0.122. The molecule has 1 aromatic carbocycles. The number of morpholine rings is 1. The van der Waals surface area contributed by atoms with Gasteiger partial charge in [0.15, 0.2) is 5.96 Å². The van der Waals surface area contributed by atoms with Crippen LogP contribution in [0.2, 0.25) is 0 Å². The van der Waals surface area contributed by atoms with E-state index in [1.54, 1.807) is 0 Å². The van der Waals surface area contributed by atoms with Crippen LogP contribution in [0.15, 0.2) is 51.6 Å². The number of halogens is 1. The molecule has 3 heterocycles. The zero-order valence-electron chi connectivity index (χ0n) is 15.5. The molecule has 3 N–H and O–H groups in total. The van der Waals surface area contributed by atoms with Gasteiger partial charge in [0.1, 0.15) is 11.9 Å². The van der Waals surface area contributed by atoms with E-state index < -0.39 is 0 Å². The summed E-state index contributed by atoms with van der Waals surface area (Å²) in [5.74, 6) is 1.45. The van der Waals surface area contributed by atoms with Crippen LogP contribution in [-0.2, 0) is 11.2 Å². The molecule has 3 aliphatic rings. The van der Waals surface area contributed by atoms with Gasteiger partial charge in [-0.15, -0.1) is 0 Å². The van der Waals surface area contributed by atoms with Gasteiger partial charge >= 0.3 is 0 Å². The molecule has 1 aliphatic carbocycles. The van der Waals surface area contributed by atoms with Crippen LogP contribution in [0, 0.1) is 0 Å². The predicted molar refractivity (Wildman–Crippen MR) is 114 cm³/mol. The highest BCUT2D eigenvalue weighted by Gasteiger charge is 2.30. The highest BCUT2D eigenvalue weighted by Crippen LogP contribution is 2.41. The molecule has 0 bridgehead atoms. The van der Waals surface area contributed by atoms with E-state index >= 15 is 0 Å². The lowest BCUT2D eigenvalue weighted by Crippen LogP contribution is -2.37. The second-order valence-corrected chi connectivity index (χ2v) is 8.21. The van der Waals surface area contributed by atoms with Gasteiger partial charge in [-0.25, -0.2) is 9.98 Å². The first-order chi connectivity index (χ1) is 13.7. The van der Waals surface area contributed by atoms with Gasteiger partial charge in [-0.3, -0.25) is 0 Å². The van der Waals surface area contributed by atoms with Gasteiger partial charge in [-0.1, -0.05) is 28.1 Å². The molecule has 1 fully saturated rings. The van der Waals surface area contributed by atoms with Crippen molar-refractivity contribution >= 4 is 33.4 Å². The average molecular weight is 440 g/mol. The summed E-state index contributed by atoms with van der Waals surface area (Å²) < 4.78 is 6.53. The molecule has 5 rings (SSSR count). The summed E-state index contributed by atoms with van der Waals surface area (Å²) in [6.45, 7) is 3.27. The Hall–Kier alpha value is -2.38. The van der Waals surface area contributed by atoms with Gasteiger partial charge in [0.25, 0.3) is 0 Å². The summed E-state index contributed by atoms with van der Waals surface area (Å²) >= 11 is 3.57. The SMILES string of the molecule is NC1=NC(c2ccc(N3CCOCC3)nc2)C2=C(N1)c1ccc(Br)cc1CC2. The first-order valence-electron chi connectivity index (χ1n) is 9.60. The molecule has 0 spiro atoms. The van der Waals surface area contributed by atoms with E-state index in [0.717, 1.165) is 60.7 Å². The minimum Gasteiger partial charge on any atom is -0.378 e. The summed E-state index contributed by atoms with van der Waals surface area (Å²) in [6.07, 6.45) is 3.90. The number of guanidine groups is 1. The third-order valence-corrected chi connectivity index (χ3v) is 6.09. The van der Waals surface area contributed by atoms with Gasteiger partial charge < -0.3 is 20.7 Å². The minimum absolute atomic E-state index is 0.0840. The fourth-order valence-corrected chi connectivity index (χ4v) is 4.60. The van der Waals surface area contributed by atoms with Gasteiger partial charge in [0.05, 0.1) is 18.9 Å². The molecule has 1 atom stereocenters. The first-order valence-corrected chi connectivity index (χ1v) is 10.4. The molecule has 28 heavy (non-hydrogen) atoms. The number of benzene rings is 1. The average Bonchev–Trinajstić information content (AvgIpc) is 2.73. The van der Waals surface area contributed by atoms with Crippen molar-refractivity contribution in [3.63, 3.8) is 0 Å². The Morgan fingerprint density at radius 2 is 2.00 bits per heavy atom. The second-order valence-electron chi connectivity index (χ2n) is 7.29. The molecule has 1 saturated heterocycles. The molecule has 1 unspecified atom stereocenters. The number of anilines is 1. The van der Waals surface area contributed by atoms with Crippen LogP contribution in [0.5, 0.6) is 0 Å². The molecule has 0 amide bonds. The number of nitrogens with two attached hydrogens (primary N) is 1. The third-order valence-electron chi connectivity index (χ3n) is 5.59. The summed E-state index contributed by atoms with van der Waals surface area (Å²) in [5, 5.41) is 3.31. The molecule has 0 radical (unpaired) electrons. The summed E-state index contributed by atoms with van der Waals surface area (Å²) in [4.78, 5) is 11.7. The van der Waals surface area contributed by atoms with Crippen molar-refractivity contribution in [2.45, 2.75) is 18.9 Å². The molecular formula is C21H22BrN5O. The first kappa shape index (κ1) is 17.7. The van der Waals surface area contributed by atoms with E-state index in [1.807, 2.05) is 6.20 Å². The third kappa shape index (κ3) is 3.18. The minimum atomic E-state index is -0.0840. The number of rotatable bonds is 2. The Balaban J connectivity index is 1.49. The van der Waals surface area contributed by atoms with Gasteiger partial charge in [-0.05, 0) is 47.7 Å². The van der Waals surface area contributed by atoms with E-state index in [0.29, 0.717) is 5.96 Å². The monoisotopic (exact) mass is 439 g/mol. The number of hydrogen-bond acceptors (Lipinski definition) is 6. The zero-order valence-corrected chi connectivity index (χ0v) is 17.1. The Morgan fingerprint density at radius 3 is 2.79 bits per heavy atom. The molecule has 144 valence electrons. The molecule has 2 aromatic rings. The topological polar surface area (TPSA) is 75.8 Å². The summed E-state index contributed by atoms with van der Waals surface area (Å²) in [6, 6.07) is 10.5. The van der Waals surface area contributed by atoms with Crippen LogP contribution in [0.3, 0.4) is 0 Å². The van der Waals surface area contributed by atoms with Crippen molar-refractivity contribution in [1.82, 2.24) is 10.3 Å². The Kier molecular flexibility index (Phi) is 4.56. The number of ether oxygens (including phenoxy) is 1. The van der Waals surface area contributed by atoms with Crippen molar-refractivity contribution in [2.75, 3.05) is 31.2 Å². The number of aliphatic imine (C=N–C) groups is 1. The number of aromatic nitrogens is 1. The van der Waals surface area contributed by atoms with E-state index in [2.05, 4.69) is 56.5 Å². The molecule has 6 nitrogen and oxygen atoms in total. The van der Waals surface area contributed by atoms with Crippen LogP contribution in [0.4, 0.5) is 5.82 Å². The number of hydrogen-bond donors (Lipinski definition) is 2. The summed E-state index contributed by atoms with van der Waals surface area (Å²) in [7, 11) is 0. The highest BCUT2D eigenvalue weighted by molar-refractivity contribution is 9.10. The molecule has 2 aliphatic heterocycles. The molecule has 7 heteroatoms. The van der Waals surface area contributed by atoms with Crippen LogP contribution in [0.1, 0.15) is 29.2 Å². The predicted octanol–water partition coefficient (Wildman–Crippen LogP) is 3.00. The Morgan fingerprint density at radius 1 is 1.14 bits per heavy atom. The van der Waals surface area contributed by atoms with Crippen LogP contribution in [-0.4, -0.2) is 37.2 Å². The quantitative estimate of drug-likeness (QED) is 0.751. The maximum atomic E-state index is 6.16. The van der Waals surface area contributed by atoms with Crippen LogP contribution >= 0.6 is 15.9 Å². The van der Waals surface area contributed by atoms with E-state index in [9.17, 15) is 0 Å². The van der Waals surface area contributed by atoms with Gasteiger partial charge in [0, 0.05) is 29.3 Å². The lowest BCUT2D eigenvalue weighted by Gasteiger charge is -2.32. The maximum absolute atomic E-state index is 6.16. The largest absolute Gasteiger partial charge is 0.378 e. The Labute approximate surface area is 172 Å². The number of nitrogens with one attached hydrogen (secondary N) is 1. The van der Waals surface area contributed by atoms with E-state index in [4.69, 9.17) is 20.4 Å². The highest BCUT2D eigenvalue weighted by atomic mass is 79.9. The normalized spacial score (nSPS) is 21.5. The molecule has 0 saturated carbocycles. The van der Waals surface area contributed by atoms with Gasteiger partial charge in [0.2, 0.25) is 0 Å². The van der Waals surface area contributed by atoms with Crippen LogP contribution < -0.4 is 16.0 Å². The standard InChI is InChI=1S/C21H22BrN5O/c22-15-3-5-16-13(11-15)1-4-17-19(25-21(23)26-20(16)17)14-2-6-18(24-12-14)27-7-9-28-10-8-27/h2-3,5-6,11-12,19H,1,4,7-10H2,(H3,23,25,26). The van der Waals surface area contributed by atoms with Crippen molar-refractivity contribution < 1.29 is 4.74 Å². The fraction of sp³-hybridized carbons (Fsp3) is 0.333. The van der Waals surface area contributed by atoms with Crippen molar-refractivity contribution in [3.05, 3.63) is 63.3 Å². The fourth-order valence-electron chi connectivity index (χ4n) is 4.19. The molecular weight excluding hydrogens is 418 g/mol. The molecule has 1 aromatic heterocycles. The van der Waals surface area contributed by atoms with Crippen molar-refractivity contribution in [2.24, 2.45) is 10.7 Å². The smallest absolute Gasteiger partial charge is 0.194 e. The second kappa shape index (κ2) is 7.22. The lowest BCUT2D eigenvalue weighted by atomic mass is 9.83. The zero-order chi connectivity index (χ0) is 19.1. The van der Waals surface area contributed by atoms with Crippen LogP contribution in [0.25, 0.3) is 5.70 Å². The van der Waals surface area contributed by atoms with E-state index in [-0.39, 0.29) is 6.04 Å². The number of nitrogens with zero attached hydrogens (tertiary/aromatic N) is 3. The van der Waals surface area contributed by atoms with Crippen molar-refractivity contribution in [1.29, 1.82) is 0 Å². The Bertz CT molecular complexity index is 963. The van der Waals surface area contributed by atoms with Crippen molar-refractivity contribution in [3.8, 4) is 0 Å². The maximum Gasteiger partial charge on any atom is 0.194 e. The number of fused-ring (bicyclic) bond motifs is 2. The number of aryl methyl sites for hydroxylation is 1. The van der Waals surface area contributed by atoms with Gasteiger partial charge in [-0.2, -0.15) is 0 Å². The van der Waals surface area contributed by atoms with E-state index in [1.165, 1.54) is 16.7 Å². The number of pyridine rings is 1.